The Bertz CT molecular complexity index is 625. The van der Waals surface area contributed by atoms with Crippen molar-refractivity contribution in [3.05, 3.63) is 79.3 Å². The second-order valence-electron chi connectivity index (χ2n) is 4.25. The fourth-order valence-electron chi connectivity index (χ4n) is 1.92. The molecule has 0 fully saturated rings. The van der Waals surface area contributed by atoms with E-state index in [-0.39, 0.29) is 0 Å². The van der Waals surface area contributed by atoms with Crippen molar-refractivity contribution in [3.63, 3.8) is 0 Å². The average molecular weight is 259 g/mol. The number of hydrogen-bond acceptors (Lipinski definition) is 3. The number of aromatic nitrogens is 3. The number of hydrogen-bond donors (Lipinski definition) is 0. The minimum absolute atomic E-state index is 0.810. The summed E-state index contributed by atoms with van der Waals surface area (Å²) in [7, 11) is 0. The molecule has 96 valence electrons. The van der Waals surface area contributed by atoms with Gasteiger partial charge in [0, 0.05) is 29.4 Å². The number of nitrogens with zero attached hydrogens (tertiary/aromatic N) is 3. The molecule has 1 aromatic carbocycles. The topological polar surface area (TPSA) is 38.7 Å². The van der Waals surface area contributed by atoms with E-state index in [0.717, 1.165) is 16.6 Å². The van der Waals surface area contributed by atoms with Crippen molar-refractivity contribution in [2.24, 2.45) is 0 Å². The SMILES string of the molecule is c1ccc2ncccc2c1.c1cnc2ncccc2c1. The van der Waals surface area contributed by atoms with E-state index in [0.29, 0.717) is 0 Å². The summed E-state index contributed by atoms with van der Waals surface area (Å²) in [5, 5.41) is 2.29. The molecule has 0 saturated carbocycles. The van der Waals surface area contributed by atoms with Gasteiger partial charge < -0.3 is 0 Å². The lowest BCUT2D eigenvalue weighted by molar-refractivity contribution is 1.29. The maximum atomic E-state index is 4.18. The zero-order valence-electron chi connectivity index (χ0n) is 10.8. The van der Waals surface area contributed by atoms with E-state index in [1.165, 1.54) is 5.39 Å². The van der Waals surface area contributed by atoms with Gasteiger partial charge in [0.25, 0.3) is 0 Å². The van der Waals surface area contributed by atoms with Crippen LogP contribution in [-0.4, -0.2) is 15.0 Å². The summed E-state index contributed by atoms with van der Waals surface area (Å²) in [4.78, 5) is 12.3. The Morgan fingerprint density at radius 1 is 0.500 bits per heavy atom. The molecule has 3 aromatic heterocycles. The molecule has 0 atom stereocenters. The van der Waals surface area contributed by atoms with Gasteiger partial charge in [-0.25, -0.2) is 9.97 Å². The quantitative estimate of drug-likeness (QED) is 0.481. The Labute approximate surface area is 117 Å². The molecular weight excluding hydrogens is 246 g/mol. The number of para-hydroxylation sites is 1. The van der Waals surface area contributed by atoms with Crippen LogP contribution in [0.5, 0.6) is 0 Å². The van der Waals surface area contributed by atoms with Crippen molar-refractivity contribution in [1.82, 2.24) is 15.0 Å². The fourth-order valence-corrected chi connectivity index (χ4v) is 1.92. The van der Waals surface area contributed by atoms with Gasteiger partial charge in [-0.05, 0) is 36.4 Å². The maximum absolute atomic E-state index is 4.18. The number of rotatable bonds is 0. The molecule has 3 heterocycles. The Hall–Kier alpha value is -2.81. The normalized spacial score (nSPS) is 10.0. The van der Waals surface area contributed by atoms with Crippen molar-refractivity contribution in [2.75, 3.05) is 0 Å². The molecule has 0 amide bonds. The molecule has 20 heavy (non-hydrogen) atoms. The predicted molar refractivity (Wildman–Crippen MR) is 81.3 cm³/mol. The van der Waals surface area contributed by atoms with E-state index < -0.39 is 0 Å². The molecule has 0 bridgehead atoms. The van der Waals surface area contributed by atoms with Crippen molar-refractivity contribution in [1.29, 1.82) is 0 Å². The lowest BCUT2D eigenvalue weighted by atomic mass is 10.2. The summed E-state index contributed by atoms with van der Waals surface area (Å²) in [5.41, 5.74) is 1.87. The third-order valence-electron chi connectivity index (χ3n) is 2.89. The molecule has 4 aromatic rings. The monoisotopic (exact) mass is 259 g/mol. The highest BCUT2D eigenvalue weighted by atomic mass is 14.8. The maximum Gasteiger partial charge on any atom is 0.159 e. The lowest BCUT2D eigenvalue weighted by Gasteiger charge is -1.91. The van der Waals surface area contributed by atoms with Crippen LogP contribution in [0.1, 0.15) is 0 Å². The van der Waals surface area contributed by atoms with E-state index in [2.05, 4.69) is 27.1 Å². The first-order chi connectivity index (χ1) is 9.93. The van der Waals surface area contributed by atoms with E-state index >= 15 is 0 Å². The second-order valence-corrected chi connectivity index (χ2v) is 4.25. The first kappa shape index (κ1) is 12.2. The number of fused-ring (bicyclic) bond motifs is 2. The molecule has 0 aliphatic heterocycles. The summed E-state index contributed by atoms with van der Waals surface area (Å²) in [6, 6.07) is 19.9. The molecule has 0 unspecified atom stereocenters. The lowest BCUT2D eigenvalue weighted by Crippen LogP contribution is -1.78. The highest BCUT2D eigenvalue weighted by Crippen LogP contribution is 2.08. The summed E-state index contributed by atoms with van der Waals surface area (Å²) >= 11 is 0. The average Bonchev–Trinajstić information content (AvgIpc) is 2.56. The van der Waals surface area contributed by atoms with Gasteiger partial charge in [-0.1, -0.05) is 24.3 Å². The van der Waals surface area contributed by atoms with E-state index in [4.69, 9.17) is 0 Å². The Morgan fingerprint density at radius 3 is 1.70 bits per heavy atom. The summed E-state index contributed by atoms with van der Waals surface area (Å²) in [5.74, 6) is 0. The molecule has 4 rings (SSSR count). The van der Waals surface area contributed by atoms with Gasteiger partial charge in [0.05, 0.1) is 5.52 Å². The Kier molecular flexibility index (Phi) is 3.60. The smallest absolute Gasteiger partial charge is 0.159 e. The van der Waals surface area contributed by atoms with Crippen LogP contribution < -0.4 is 0 Å². The van der Waals surface area contributed by atoms with Crippen molar-refractivity contribution in [3.8, 4) is 0 Å². The van der Waals surface area contributed by atoms with Crippen LogP contribution in [-0.2, 0) is 0 Å². The molecular formula is C17H13N3. The van der Waals surface area contributed by atoms with Gasteiger partial charge in [0.2, 0.25) is 0 Å². The molecule has 0 aliphatic rings. The molecule has 3 heteroatoms. The van der Waals surface area contributed by atoms with Crippen LogP contribution in [0.25, 0.3) is 21.9 Å². The largest absolute Gasteiger partial charge is 0.256 e. The van der Waals surface area contributed by atoms with E-state index in [1.807, 2.05) is 54.7 Å². The molecule has 0 spiro atoms. The second kappa shape index (κ2) is 5.89. The summed E-state index contributed by atoms with van der Waals surface area (Å²) in [6.07, 6.45) is 5.30. The predicted octanol–water partition coefficient (Wildman–Crippen LogP) is 3.86. The minimum Gasteiger partial charge on any atom is -0.256 e. The third kappa shape index (κ3) is 2.78. The van der Waals surface area contributed by atoms with Gasteiger partial charge in [-0.2, -0.15) is 0 Å². The van der Waals surface area contributed by atoms with Gasteiger partial charge >= 0.3 is 0 Å². The molecule has 3 nitrogen and oxygen atoms in total. The minimum atomic E-state index is 0.810. The Balaban J connectivity index is 0.000000121. The highest BCUT2D eigenvalue weighted by molar-refractivity contribution is 5.77. The Morgan fingerprint density at radius 2 is 1.05 bits per heavy atom. The molecule has 0 aliphatic carbocycles. The number of benzene rings is 1. The van der Waals surface area contributed by atoms with Crippen molar-refractivity contribution >= 4 is 21.9 Å². The fraction of sp³-hybridized carbons (Fsp3) is 0. The zero-order chi connectivity index (χ0) is 13.6. The van der Waals surface area contributed by atoms with Gasteiger partial charge in [-0.15, -0.1) is 0 Å². The van der Waals surface area contributed by atoms with E-state index in [1.54, 1.807) is 12.4 Å². The van der Waals surface area contributed by atoms with Crippen LogP contribution in [0.4, 0.5) is 0 Å². The van der Waals surface area contributed by atoms with Crippen LogP contribution in [0.15, 0.2) is 79.3 Å². The summed E-state index contributed by atoms with van der Waals surface area (Å²) < 4.78 is 0. The first-order valence-corrected chi connectivity index (χ1v) is 6.39. The van der Waals surface area contributed by atoms with Crippen molar-refractivity contribution in [2.45, 2.75) is 0 Å². The standard InChI is InChI=1S/C9H7N.C8H6N2/c1-2-6-9-8(4-1)5-3-7-10-9;1-3-7-4-2-6-10-8(7)9-5-1/h1-7H;1-6H. The van der Waals surface area contributed by atoms with Gasteiger partial charge in [-0.3, -0.25) is 4.98 Å². The third-order valence-corrected chi connectivity index (χ3v) is 2.89. The van der Waals surface area contributed by atoms with E-state index in [9.17, 15) is 0 Å². The van der Waals surface area contributed by atoms with Crippen LogP contribution in [0.2, 0.25) is 0 Å². The molecule has 0 saturated heterocycles. The number of pyridine rings is 3. The van der Waals surface area contributed by atoms with Crippen LogP contribution in [0.3, 0.4) is 0 Å². The first-order valence-electron chi connectivity index (χ1n) is 6.39. The zero-order valence-corrected chi connectivity index (χ0v) is 10.8. The van der Waals surface area contributed by atoms with Gasteiger partial charge in [0.15, 0.2) is 5.65 Å². The summed E-state index contributed by atoms with van der Waals surface area (Å²) in [6.45, 7) is 0. The highest BCUT2D eigenvalue weighted by Gasteiger charge is 1.88. The van der Waals surface area contributed by atoms with Crippen molar-refractivity contribution < 1.29 is 0 Å². The molecule has 0 N–H and O–H groups in total. The van der Waals surface area contributed by atoms with Crippen LogP contribution >= 0.6 is 0 Å². The van der Waals surface area contributed by atoms with Crippen LogP contribution in [0, 0.1) is 0 Å². The van der Waals surface area contributed by atoms with Gasteiger partial charge in [0.1, 0.15) is 0 Å². The molecule has 0 radical (unpaired) electrons.